The van der Waals surface area contributed by atoms with Gasteiger partial charge in [0.2, 0.25) is 15.9 Å². The Morgan fingerprint density at radius 1 is 1.10 bits per heavy atom. The first-order valence-electron chi connectivity index (χ1n) is 10.9. The second-order valence-corrected chi connectivity index (χ2v) is 10.1. The van der Waals surface area contributed by atoms with Crippen molar-refractivity contribution in [1.29, 1.82) is 0 Å². The lowest BCUT2D eigenvalue weighted by Gasteiger charge is -2.32. The van der Waals surface area contributed by atoms with Gasteiger partial charge < -0.3 is 18.7 Å². The van der Waals surface area contributed by atoms with Crippen LogP contribution in [0.5, 0.6) is 11.5 Å². The van der Waals surface area contributed by atoms with E-state index in [1.807, 2.05) is 0 Å². The normalized spacial score (nSPS) is 21.9. The van der Waals surface area contributed by atoms with E-state index < -0.39 is 16.1 Å². The maximum Gasteiger partial charge on any atom is 0.245 e. The summed E-state index contributed by atoms with van der Waals surface area (Å²) in [5, 5.41) is 4.05. The van der Waals surface area contributed by atoms with Crippen molar-refractivity contribution < 1.29 is 27.2 Å². The van der Waals surface area contributed by atoms with Crippen LogP contribution in [0.2, 0.25) is 0 Å². The van der Waals surface area contributed by atoms with E-state index in [-0.39, 0.29) is 4.90 Å². The van der Waals surface area contributed by atoms with Crippen LogP contribution in [0.25, 0.3) is 0 Å². The van der Waals surface area contributed by atoms with Crippen molar-refractivity contribution in [2.45, 2.75) is 49.5 Å². The number of nitrogens with zero attached hydrogens (tertiary/aromatic N) is 3. The number of piperidine rings is 1. The summed E-state index contributed by atoms with van der Waals surface area (Å²) in [7, 11) is -3.76. The molecule has 1 saturated carbocycles. The van der Waals surface area contributed by atoms with Gasteiger partial charge >= 0.3 is 0 Å². The predicted octanol–water partition coefficient (Wildman–Crippen LogP) is 2.73. The molecule has 0 radical (unpaired) electrons. The van der Waals surface area contributed by atoms with Gasteiger partial charge in [-0.3, -0.25) is 0 Å². The molecule has 1 aromatic heterocycles. The van der Waals surface area contributed by atoms with Crippen LogP contribution in [-0.2, 0) is 21.2 Å². The molecule has 0 N–H and O–H groups in total. The number of benzene rings is 1. The van der Waals surface area contributed by atoms with E-state index in [1.165, 1.54) is 23.2 Å². The van der Waals surface area contributed by atoms with Crippen LogP contribution in [-0.4, -0.2) is 55.8 Å². The van der Waals surface area contributed by atoms with Crippen LogP contribution in [0.3, 0.4) is 0 Å². The van der Waals surface area contributed by atoms with Crippen LogP contribution in [0.4, 0.5) is 0 Å². The maximum atomic E-state index is 13.5. The molecule has 5 rings (SSSR count). The fourth-order valence-electron chi connectivity index (χ4n) is 3.96. The number of aromatic nitrogens is 2. The molecule has 2 aliphatic heterocycles. The first-order valence-corrected chi connectivity index (χ1v) is 12.4. The molecule has 1 saturated heterocycles. The Bertz CT molecular complexity index is 1020. The van der Waals surface area contributed by atoms with Crippen LogP contribution in [0, 0.1) is 5.92 Å². The molecule has 1 aliphatic carbocycles. The molecule has 0 amide bonds. The molecule has 1 aromatic carbocycles. The Labute approximate surface area is 181 Å². The first-order chi connectivity index (χ1) is 15.1. The van der Waals surface area contributed by atoms with Crippen molar-refractivity contribution in [3.63, 3.8) is 0 Å². The van der Waals surface area contributed by atoms with Gasteiger partial charge in [-0.05, 0) is 43.7 Å². The van der Waals surface area contributed by atoms with Gasteiger partial charge in [0.05, 0.1) is 11.5 Å². The van der Waals surface area contributed by atoms with E-state index in [0.717, 1.165) is 19.4 Å². The number of hydrogen-bond donors (Lipinski definition) is 0. The smallest absolute Gasteiger partial charge is 0.245 e. The third-order valence-corrected chi connectivity index (χ3v) is 7.77. The fourth-order valence-corrected chi connectivity index (χ4v) is 5.63. The highest BCUT2D eigenvalue weighted by Crippen LogP contribution is 2.38. The lowest BCUT2D eigenvalue weighted by molar-refractivity contribution is 0.125. The van der Waals surface area contributed by atoms with Gasteiger partial charge in [-0.15, -0.1) is 0 Å². The third kappa shape index (κ3) is 4.56. The van der Waals surface area contributed by atoms with Gasteiger partial charge in [0.15, 0.2) is 17.3 Å². The quantitative estimate of drug-likeness (QED) is 0.567. The number of fused-ring (bicyclic) bond motifs is 1. The lowest BCUT2D eigenvalue weighted by atomic mass is 10.1. The SMILES string of the molecule is O=S(=O)(c1ccc2c(c1)OCCO2)N1CCCCC1c1nc(CCOCC2CC2)no1. The van der Waals surface area contributed by atoms with Crippen LogP contribution in [0.1, 0.15) is 49.9 Å². The van der Waals surface area contributed by atoms with E-state index in [2.05, 4.69) is 10.1 Å². The van der Waals surface area contributed by atoms with Gasteiger partial charge in [0.1, 0.15) is 19.3 Å². The number of hydrogen-bond acceptors (Lipinski definition) is 8. The van der Waals surface area contributed by atoms with Crippen molar-refractivity contribution in [3.8, 4) is 11.5 Å². The van der Waals surface area contributed by atoms with Crippen molar-refractivity contribution in [1.82, 2.24) is 14.4 Å². The van der Waals surface area contributed by atoms with Gasteiger partial charge in [-0.25, -0.2) is 8.42 Å². The van der Waals surface area contributed by atoms with E-state index in [4.69, 9.17) is 18.7 Å². The van der Waals surface area contributed by atoms with Crippen molar-refractivity contribution in [2.75, 3.05) is 33.0 Å². The Morgan fingerprint density at radius 2 is 1.94 bits per heavy atom. The summed E-state index contributed by atoms with van der Waals surface area (Å²) in [6, 6.07) is 4.27. The minimum atomic E-state index is -3.76. The van der Waals surface area contributed by atoms with Crippen molar-refractivity contribution in [3.05, 3.63) is 29.9 Å². The number of ether oxygens (including phenoxy) is 3. The zero-order valence-corrected chi connectivity index (χ0v) is 18.2. The average Bonchev–Trinajstić information content (AvgIpc) is 3.51. The largest absolute Gasteiger partial charge is 0.486 e. The zero-order chi connectivity index (χ0) is 21.3. The summed E-state index contributed by atoms with van der Waals surface area (Å²) in [5.41, 5.74) is 0. The third-order valence-electron chi connectivity index (χ3n) is 5.86. The summed E-state index contributed by atoms with van der Waals surface area (Å²) in [6.07, 6.45) is 5.39. The van der Waals surface area contributed by atoms with Gasteiger partial charge in [-0.1, -0.05) is 11.6 Å². The summed E-state index contributed by atoms with van der Waals surface area (Å²) in [4.78, 5) is 4.66. The van der Waals surface area contributed by atoms with Crippen LogP contribution >= 0.6 is 0 Å². The first kappa shape index (κ1) is 20.7. The molecular formula is C21H27N3O6S. The molecule has 10 heteroatoms. The zero-order valence-electron chi connectivity index (χ0n) is 17.4. The molecule has 168 valence electrons. The topological polar surface area (TPSA) is 104 Å². The predicted molar refractivity (Wildman–Crippen MR) is 109 cm³/mol. The minimum absolute atomic E-state index is 0.178. The lowest BCUT2D eigenvalue weighted by Crippen LogP contribution is -2.38. The Hall–Kier alpha value is -2.17. The molecule has 2 aromatic rings. The molecule has 1 unspecified atom stereocenters. The molecular weight excluding hydrogens is 422 g/mol. The highest BCUT2D eigenvalue weighted by Gasteiger charge is 2.38. The van der Waals surface area contributed by atoms with E-state index in [9.17, 15) is 8.42 Å². The van der Waals surface area contributed by atoms with E-state index >= 15 is 0 Å². The Balaban J connectivity index is 1.32. The molecule has 3 heterocycles. The standard InChI is InChI=1S/C21H27N3O6S/c25-31(26,16-6-7-18-19(13-16)29-12-11-28-18)24-9-2-1-3-17(24)21-22-20(23-30-21)8-10-27-14-15-4-5-15/h6-7,13,15,17H,1-5,8-12,14H2. The molecule has 2 fully saturated rings. The van der Waals surface area contributed by atoms with Gasteiger partial charge in [0, 0.05) is 25.6 Å². The Kier molecular flexibility index (Phi) is 5.85. The summed E-state index contributed by atoms with van der Waals surface area (Å²) in [5.74, 6) is 2.62. The monoisotopic (exact) mass is 449 g/mol. The maximum absolute atomic E-state index is 13.5. The average molecular weight is 450 g/mol. The minimum Gasteiger partial charge on any atom is -0.486 e. The van der Waals surface area contributed by atoms with Crippen LogP contribution < -0.4 is 9.47 Å². The number of rotatable bonds is 8. The summed E-state index contributed by atoms with van der Waals surface area (Å²) >= 11 is 0. The molecule has 1 atom stereocenters. The fraction of sp³-hybridized carbons (Fsp3) is 0.619. The van der Waals surface area contributed by atoms with E-state index in [0.29, 0.717) is 68.3 Å². The van der Waals surface area contributed by atoms with Gasteiger partial charge in [-0.2, -0.15) is 9.29 Å². The molecule has 0 spiro atoms. The molecule has 0 bridgehead atoms. The second kappa shape index (κ2) is 8.76. The van der Waals surface area contributed by atoms with Gasteiger partial charge in [0.25, 0.3) is 0 Å². The van der Waals surface area contributed by atoms with Crippen molar-refractivity contribution >= 4 is 10.0 Å². The van der Waals surface area contributed by atoms with E-state index in [1.54, 1.807) is 12.1 Å². The highest BCUT2D eigenvalue weighted by atomic mass is 32.2. The second-order valence-electron chi connectivity index (χ2n) is 8.25. The van der Waals surface area contributed by atoms with Crippen LogP contribution in [0.15, 0.2) is 27.6 Å². The summed E-state index contributed by atoms with van der Waals surface area (Å²) in [6.45, 7) is 2.59. The summed E-state index contributed by atoms with van der Waals surface area (Å²) < 4.78 is 50.6. The highest BCUT2D eigenvalue weighted by molar-refractivity contribution is 7.89. The Morgan fingerprint density at radius 3 is 2.77 bits per heavy atom. The number of sulfonamides is 1. The molecule has 31 heavy (non-hydrogen) atoms. The molecule has 3 aliphatic rings. The molecule has 9 nitrogen and oxygen atoms in total. The van der Waals surface area contributed by atoms with Crippen molar-refractivity contribution in [2.24, 2.45) is 5.92 Å².